The Morgan fingerprint density at radius 3 is 2.54 bits per heavy atom. The van der Waals surface area contributed by atoms with Gasteiger partial charge in [-0.2, -0.15) is 0 Å². The van der Waals surface area contributed by atoms with Crippen molar-refractivity contribution in [2.45, 2.75) is 21.9 Å². The first-order valence-corrected chi connectivity index (χ1v) is 13.6. The van der Waals surface area contributed by atoms with Crippen molar-refractivity contribution in [1.29, 1.82) is 0 Å². The van der Waals surface area contributed by atoms with Gasteiger partial charge in [0.25, 0.3) is 5.56 Å². The second-order valence-electron chi connectivity index (χ2n) is 7.81. The normalized spacial score (nSPS) is 11.0. The van der Waals surface area contributed by atoms with E-state index in [9.17, 15) is 9.59 Å². The summed E-state index contributed by atoms with van der Waals surface area (Å²) >= 11 is 4.24. The predicted molar refractivity (Wildman–Crippen MR) is 147 cm³/mol. The van der Waals surface area contributed by atoms with E-state index in [1.807, 2.05) is 91.2 Å². The Kier molecular flexibility index (Phi) is 7.03. The summed E-state index contributed by atoms with van der Waals surface area (Å²) in [6.45, 7) is 2.03. The molecule has 0 spiro atoms. The van der Waals surface area contributed by atoms with Gasteiger partial charge in [-0.1, -0.05) is 83.7 Å². The third-order valence-electron chi connectivity index (χ3n) is 5.26. The van der Waals surface area contributed by atoms with Gasteiger partial charge in [-0.05, 0) is 36.8 Å². The number of aryl methyl sites for hydroxylation is 1. The van der Waals surface area contributed by atoms with E-state index in [0.717, 1.165) is 26.6 Å². The molecule has 0 aliphatic carbocycles. The van der Waals surface area contributed by atoms with Gasteiger partial charge in [-0.25, -0.2) is 4.98 Å². The van der Waals surface area contributed by atoms with E-state index >= 15 is 0 Å². The first-order valence-electron chi connectivity index (χ1n) is 10.9. The monoisotopic (exact) mass is 515 g/mol. The van der Waals surface area contributed by atoms with E-state index in [1.165, 1.54) is 28.7 Å². The molecular formula is C27H21N3O2S3. The summed E-state index contributed by atoms with van der Waals surface area (Å²) in [5.74, 6) is -0.0278. The average molecular weight is 516 g/mol. The molecule has 0 aliphatic heterocycles. The highest BCUT2D eigenvalue weighted by Crippen LogP contribution is 2.34. The first kappa shape index (κ1) is 23.4. The molecule has 2 N–H and O–H groups in total. The fraction of sp³-hybridized carbons (Fsp3) is 0.0741. The van der Waals surface area contributed by atoms with Crippen LogP contribution in [-0.2, 0) is 4.79 Å². The number of aromatic amines is 1. The molecule has 0 saturated carbocycles. The van der Waals surface area contributed by atoms with Crippen molar-refractivity contribution in [3.8, 4) is 11.1 Å². The van der Waals surface area contributed by atoms with Crippen LogP contribution in [0.3, 0.4) is 0 Å². The summed E-state index contributed by atoms with van der Waals surface area (Å²) in [4.78, 5) is 35.7. The molecule has 8 heteroatoms. The highest BCUT2D eigenvalue weighted by Gasteiger charge is 2.15. The number of para-hydroxylation sites is 1. The molecule has 0 fully saturated rings. The van der Waals surface area contributed by atoms with E-state index in [0.29, 0.717) is 15.4 Å². The molecule has 5 nitrogen and oxygen atoms in total. The molecule has 3 aromatic carbocycles. The van der Waals surface area contributed by atoms with E-state index in [1.54, 1.807) is 11.8 Å². The van der Waals surface area contributed by atoms with E-state index in [2.05, 4.69) is 15.3 Å². The van der Waals surface area contributed by atoms with E-state index in [4.69, 9.17) is 0 Å². The number of carbonyl (C=O) groups excluding carboxylic acids is 1. The van der Waals surface area contributed by atoms with Crippen molar-refractivity contribution >= 4 is 56.7 Å². The molecule has 5 aromatic rings. The molecule has 174 valence electrons. The molecule has 2 heterocycles. The zero-order valence-electron chi connectivity index (χ0n) is 18.8. The van der Waals surface area contributed by atoms with Crippen LogP contribution in [0.5, 0.6) is 0 Å². The predicted octanol–water partition coefficient (Wildman–Crippen LogP) is 6.84. The standard InChI is InChI=1S/C27H21N3O2S3/c1-17-11-13-18(14-12-17)20-15-33-26-24(20)25(32)29-27(30-26)34-16-23(31)28-21-9-5-6-10-22(21)35-19-7-3-2-4-8-19/h2-15H,16H2,1H3,(H,28,31)(H,29,30,32). The summed E-state index contributed by atoms with van der Waals surface area (Å²) in [5, 5.41) is 5.96. The summed E-state index contributed by atoms with van der Waals surface area (Å²) in [6.07, 6.45) is 0. The second kappa shape index (κ2) is 10.5. The van der Waals surface area contributed by atoms with Gasteiger partial charge in [0.05, 0.1) is 16.8 Å². The number of amides is 1. The molecule has 0 unspecified atom stereocenters. The molecule has 35 heavy (non-hydrogen) atoms. The van der Waals surface area contributed by atoms with Crippen LogP contribution in [0.4, 0.5) is 5.69 Å². The van der Waals surface area contributed by atoms with E-state index in [-0.39, 0.29) is 17.2 Å². The van der Waals surface area contributed by atoms with Gasteiger partial charge in [0, 0.05) is 20.7 Å². The van der Waals surface area contributed by atoms with Crippen LogP contribution in [0, 0.1) is 6.92 Å². The van der Waals surface area contributed by atoms with Crippen molar-refractivity contribution in [2.24, 2.45) is 0 Å². The number of carbonyl (C=O) groups is 1. The Balaban J connectivity index is 1.28. The molecular weight excluding hydrogens is 495 g/mol. The second-order valence-corrected chi connectivity index (χ2v) is 10.8. The molecule has 0 aliphatic rings. The number of nitrogens with one attached hydrogen (secondary N) is 2. The lowest BCUT2D eigenvalue weighted by Crippen LogP contribution is -2.16. The van der Waals surface area contributed by atoms with Gasteiger partial charge in [0.15, 0.2) is 5.16 Å². The molecule has 0 atom stereocenters. The number of hydrogen-bond donors (Lipinski definition) is 2. The van der Waals surface area contributed by atoms with Crippen molar-refractivity contribution in [3.63, 3.8) is 0 Å². The Morgan fingerprint density at radius 2 is 1.74 bits per heavy atom. The Morgan fingerprint density at radius 1 is 1.00 bits per heavy atom. The smallest absolute Gasteiger partial charge is 0.260 e. The maximum atomic E-state index is 12.9. The minimum Gasteiger partial charge on any atom is -0.324 e. The number of aromatic nitrogens is 2. The van der Waals surface area contributed by atoms with Gasteiger partial charge in [0.2, 0.25) is 5.91 Å². The van der Waals surface area contributed by atoms with Gasteiger partial charge in [0.1, 0.15) is 4.83 Å². The number of thiophene rings is 1. The lowest BCUT2D eigenvalue weighted by Gasteiger charge is -2.10. The molecule has 0 bridgehead atoms. The fourth-order valence-corrected chi connectivity index (χ4v) is 6.13. The maximum Gasteiger partial charge on any atom is 0.260 e. The Hall–Kier alpha value is -3.33. The topological polar surface area (TPSA) is 74.8 Å². The number of rotatable bonds is 7. The van der Waals surface area contributed by atoms with Crippen LogP contribution in [0.25, 0.3) is 21.3 Å². The van der Waals surface area contributed by atoms with E-state index < -0.39 is 0 Å². The number of thioether (sulfide) groups is 1. The quantitative estimate of drug-likeness (QED) is 0.183. The van der Waals surface area contributed by atoms with Crippen LogP contribution < -0.4 is 10.9 Å². The third-order valence-corrected chi connectivity index (χ3v) is 8.09. The lowest BCUT2D eigenvalue weighted by atomic mass is 10.1. The van der Waals surface area contributed by atoms with Crippen molar-refractivity contribution < 1.29 is 4.79 Å². The van der Waals surface area contributed by atoms with Gasteiger partial charge in [-0.3, -0.25) is 9.59 Å². The number of fused-ring (bicyclic) bond motifs is 1. The zero-order chi connectivity index (χ0) is 24.2. The highest BCUT2D eigenvalue weighted by atomic mass is 32.2. The number of benzene rings is 3. The molecule has 2 aromatic heterocycles. The molecule has 5 rings (SSSR count). The highest BCUT2D eigenvalue weighted by molar-refractivity contribution is 8.00. The fourth-order valence-electron chi connectivity index (χ4n) is 3.54. The summed E-state index contributed by atoms with van der Waals surface area (Å²) < 4.78 is 0. The molecule has 0 radical (unpaired) electrons. The van der Waals surface area contributed by atoms with Gasteiger partial charge < -0.3 is 10.3 Å². The lowest BCUT2D eigenvalue weighted by molar-refractivity contribution is -0.113. The number of hydrogen-bond acceptors (Lipinski definition) is 6. The zero-order valence-corrected chi connectivity index (χ0v) is 21.2. The van der Waals surface area contributed by atoms with Crippen LogP contribution in [0.1, 0.15) is 5.56 Å². The minimum absolute atomic E-state index is 0.134. The largest absolute Gasteiger partial charge is 0.324 e. The van der Waals surface area contributed by atoms with Gasteiger partial charge >= 0.3 is 0 Å². The third kappa shape index (κ3) is 5.51. The Bertz CT molecular complexity index is 1540. The average Bonchev–Trinajstić information content (AvgIpc) is 3.30. The van der Waals surface area contributed by atoms with Crippen LogP contribution >= 0.6 is 34.9 Å². The number of H-pyrrole nitrogens is 1. The molecule has 0 saturated heterocycles. The summed E-state index contributed by atoms with van der Waals surface area (Å²) in [5.41, 5.74) is 3.59. The maximum absolute atomic E-state index is 12.9. The number of nitrogens with zero attached hydrogens (tertiary/aromatic N) is 1. The van der Waals surface area contributed by atoms with Crippen LogP contribution in [0.15, 0.2) is 104 Å². The van der Waals surface area contributed by atoms with Gasteiger partial charge in [-0.15, -0.1) is 11.3 Å². The summed E-state index contributed by atoms with van der Waals surface area (Å²) in [7, 11) is 0. The molecule has 1 amide bonds. The number of anilines is 1. The van der Waals surface area contributed by atoms with Crippen LogP contribution in [-0.4, -0.2) is 21.6 Å². The Labute approximate surface area is 215 Å². The van der Waals surface area contributed by atoms with Crippen molar-refractivity contribution in [2.75, 3.05) is 11.1 Å². The minimum atomic E-state index is -0.195. The van der Waals surface area contributed by atoms with Crippen molar-refractivity contribution in [1.82, 2.24) is 9.97 Å². The SMILES string of the molecule is Cc1ccc(-c2csc3nc(SCC(=O)Nc4ccccc4Sc4ccccc4)[nH]c(=O)c23)cc1. The summed E-state index contributed by atoms with van der Waals surface area (Å²) in [6, 6.07) is 25.8. The first-order chi connectivity index (χ1) is 17.1. The van der Waals surface area contributed by atoms with Crippen LogP contribution in [0.2, 0.25) is 0 Å². The van der Waals surface area contributed by atoms with Crippen molar-refractivity contribution in [3.05, 3.63) is 100 Å².